The number of hydrogen-bond donors (Lipinski definition) is 3. The van der Waals surface area contributed by atoms with Crippen LogP contribution in [0.5, 0.6) is 0 Å². The van der Waals surface area contributed by atoms with Crippen molar-refractivity contribution in [3.05, 3.63) is 18.7 Å². The lowest BCUT2D eigenvalue weighted by Gasteiger charge is -1.88. The summed E-state index contributed by atoms with van der Waals surface area (Å²) in [5, 5.41) is 8.25. The molecule has 0 aliphatic heterocycles. The molecule has 1 aromatic rings. The first-order chi connectivity index (χ1) is 6.29. The highest BCUT2D eigenvalue weighted by Crippen LogP contribution is 1.69. The van der Waals surface area contributed by atoms with Crippen LogP contribution in [0, 0.1) is 0 Å². The van der Waals surface area contributed by atoms with E-state index in [4.69, 9.17) is 22.6 Å². The minimum absolute atomic E-state index is 0.0174. The summed E-state index contributed by atoms with van der Waals surface area (Å²) < 4.78 is 34.4. The quantitative estimate of drug-likeness (QED) is 0.314. The molecule has 0 bridgehead atoms. The molecule has 80 valence electrons. The standard InChI is InChI=1S/C5H6N2O2.H2O4S/c8-5(9)3-7-2-1-6-4-7;1-5(2,3)4/h1-2,4H,3H2,(H,8,9);(H2,1,2,3,4). The van der Waals surface area contributed by atoms with E-state index in [1.165, 1.54) is 0 Å². The number of rotatable bonds is 2. The Balaban J connectivity index is 0.000000292. The molecule has 0 saturated heterocycles. The van der Waals surface area contributed by atoms with Gasteiger partial charge in [-0.2, -0.15) is 0 Å². The highest BCUT2D eigenvalue weighted by atomic mass is 32.3. The summed E-state index contributed by atoms with van der Waals surface area (Å²) in [6, 6.07) is 0. The van der Waals surface area contributed by atoms with Gasteiger partial charge in [0.15, 0.2) is 6.54 Å². The van der Waals surface area contributed by atoms with E-state index < -0.39 is 16.4 Å². The van der Waals surface area contributed by atoms with Gasteiger partial charge in [0.2, 0.25) is 16.7 Å². The number of aromatic amines is 1. The van der Waals surface area contributed by atoms with Crippen molar-refractivity contribution in [2.24, 2.45) is 0 Å². The Hall–Kier alpha value is -1.45. The summed E-state index contributed by atoms with van der Waals surface area (Å²) in [4.78, 5) is 12.8. The summed E-state index contributed by atoms with van der Waals surface area (Å²) in [5.74, 6) is -0.834. The van der Waals surface area contributed by atoms with E-state index in [2.05, 4.69) is 4.98 Å². The first-order valence-corrected chi connectivity index (χ1v) is 4.57. The third kappa shape index (κ3) is 10.6. The molecule has 0 aliphatic rings. The monoisotopic (exact) mass is 224 g/mol. The van der Waals surface area contributed by atoms with Gasteiger partial charge in [-0.15, -0.1) is 0 Å². The Bertz CT molecular complexity index is 361. The Morgan fingerprint density at radius 3 is 2.36 bits per heavy atom. The topological polar surface area (TPSA) is 134 Å². The molecule has 0 aromatic carbocycles. The number of aliphatic carboxylic acids is 1. The molecule has 0 fully saturated rings. The molecule has 1 heterocycles. The molecule has 1 rings (SSSR count). The van der Waals surface area contributed by atoms with E-state index in [9.17, 15) is 4.79 Å². The molecule has 0 radical (unpaired) electrons. The number of nitrogens with zero attached hydrogens (tertiary/aromatic N) is 1. The molecule has 8 nitrogen and oxygen atoms in total. The van der Waals surface area contributed by atoms with Crippen molar-refractivity contribution in [1.29, 1.82) is 0 Å². The fourth-order valence-electron chi connectivity index (χ4n) is 0.575. The van der Waals surface area contributed by atoms with Crippen molar-refractivity contribution in [3.8, 4) is 0 Å². The average molecular weight is 224 g/mol. The predicted molar refractivity (Wildman–Crippen MR) is 40.9 cm³/mol. The van der Waals surface area contributed by atoms with E-state index >= 15 is 0 Å². The number of imidazole rings is 1. The first kappa shape index (κ1) is 12.6. The molecule has 0 atom stereocenters. The van der Waals surface area contributed by atoms with Gasteiger partial charge >= 0.3 is 5.97 Å². The molecule has 0 unspecified atom stereocenters. The van der Waals surface area contributed by atoms with Crippen molar-refractivity contribution in [2.45, 2.75) is 6.54 Å². The second-order valence-electron chi connectivity index (χ2n) is 2.11. The second kappa shape index (κ2) is 5.32. The van der Waals surface area contributed by atoms with E-state index in [0.717, 1.165) is 0 Å². The van der Waals surface area contributed by atoms with Crippen LogP contribution in [-0.2, 0) is 21.7 Å². The molecule has 1 aromatic heterocycles. The van der Waals surface area contributed by atoms with Crippen LogP contribution in [-0.4, -0.2) is 33.6 Å². The Kier molecular flexibility index (Phi) is 4.77. The minimum Gasteiger partial charge on any atom is -0.726 e. The van der Waals surface area contributed by atoms with Gasteiger partial charge < -0.3 is 9.66 Å². The molecule has 0 saturated carbocycles. The lowest BCUT2D eigenvalue weighted by atomic mass is 10.6. The average Bonchev–Trinajstić information content (AvgIpc) is 2.33. The highest BCUT2D eigenvalue weighted by Gasteiger charge is 2.01. The summed E-state index contributed by atoms with van der Waals surface area (Å²) in [5.41, 5.74) is 0. The van der Waals surface area contributed by atoms with Crippen molar-refractivity contribution < 1.29 is 32.0 Å². The van der Waals surface area contributed by atoms with Crippen LogP contribution in [0.25, 0.3) is 0 Å². The summed E-state index contributed by atoms with van der Waals surface area (Å²) in [6.45, 7) is 0.0174. The molecule has 14 heavy (non-hydrogen) atoms. The zero-order valence-electron chi connectivity index (χ0n) is 6.82. The fraction of sp³-hybridized carbons (Fsp3) is 0.200. The zero-order valence-corrected chi connectivity index (χ0v) is 7.64. The van der Waals surface area contributed by atoms with Crippen LogP contribution in [0.1, 0.15) is 0 Å². The summed E-state index contributed by atoms with van der Waals surface area (Å²) in [7, 11) is -4.92. The molecule has 0 amide bonds. The first-order valence-electron chi connectivity index (χ1n) is 3.21. The number of H-pyrrole nitrogens is 1. The van der Waals surface area contributed by atoms with Crippen LogP contribution in [0.2, 0.25) is 0 Å². The van der Waals surface area contributed by atoms with Gasteiger partial charge in [-0.3, -0.25) is 9.54 Å². The van der Waals surface area contributed by atoms with Gasteiger partial charge in [-0.05, 0) is 0 Å². The largest absolute Gasteiger partial charge is 0.726 e. The zero-order chi connectivity index (χ0) is 11.2. The molecular formula is C5H8N2O6S. The number of hydrogen-bond acceptors (Lipinski definition) is 4. The Morgan fingerprint density at radius 2 is 2.07 bits per heavy atom. The molecule has 9 heteroatoms. The lowest BCUT2D eigenvalue weighted by molar-refractivity contribution is -0.684. The number of carbonyl (C=O) groups is 1. The van der Waals surface area contributed by atoms with Crippen LogP contribution in [0.3, 0.4) is 0 Å². The molecule has 3 N–H and O–H groups in total. The van der Waals surface area contributed by atoms with E-state index in [-0.39, 0.29) is 6.54 Å². The number of carboxylic acid groups (broad SMARTS) is 1. The summed E-state index contributed by atoms with van der Waals surface area (Å²) >= 11 is 0. The Morgan fingerprint density at radius 1 is 1.57 bits per heavy atom. The SMILES string of the molecule is O=C(O)C[n+]1cc[nH]c1.O=S(=O)([O-])O. The third-order valence-electron chi connectivity index (χ3n) is 0.920. The second-order valence-corrected chi connectivity index (χ2v) is 2.96. The fourth-order valence-corrected chi connectivity index (χ4v) is 0.575. The van der Waals surface area contributed by atoms with E-state index in [1.807, 2.05) is 0 Å². The molecule has 0 aliphatic carbocycles. The van der Waals surface area contributed by atoms with E-state index in [1.54, 1.807) is 23.3 Å². The van der Waals surface area contributed by atoms with Crippen molar-refractivity contribution in [3.63, 3.8) is 0 Å². The van der Waals surface area contributed by atoms with Gasteiger partial charge in [0.05, 0.1) is 0 Å². The van der Waals surface area contributed by atoms with Gasteiger partial charge in [0.25, 0.3) is 0 Å². The van der Waals surface area contributed by atoms with Crippen molar-refractivity contribution >= 4 is 16.4 Å². The maximum Gasteiger partial charge on any atom is 0.346 e. The lowest BCUT2D eigenvalue weighted by Crippen LogP contribution is -2.34. The molecule has 0 spiro atoms. The van der Waals surface area contributed by atoms with Gasteiger partial charge in [-0.25, -0.2) is 17.8 Å². The van der Waals surface area contributed by atoms with Crippen LogP contribution in [0.4, 0.5) is 0 Å². The summed E-state index contributed by atoms with van der Waals surface area (Å²) in [6.07, 6.45) is 4.92. The normalized spacial score (nSPS) is 10.1. The highest BCUT2D eigenvalue weighted by molar-refractivity contribution is 7.79. The van der Waals surface area contributed by atoms with Crippen LogP contribution in [0.15, 0.2) is 18.7 Å². The number of aromatic nitrogens is 2. The van der Waals surface area contributed by atoms with Crippen molar-refractivity contribution in [1.82, 2.24) is 4.98 Å². The van der Waals surface area contributed by atoms with Crippen LogP contribution >= 0.6 is 0 Å². The number of nitrogens with one attached hydrogen (secondary N) is 1. The van der Waals surface area contributed by atoms with Gasteiger partial charge in [0.1, 0.15) is 12.4 Å². The molecular weight excluding hydrogens is 216 g/mol. The minimum atomic E-state index is -4.92. The van der Waals surface area contributed by atoms with E-state index in [0.29, 0.717) is 0 Å². The Labute approximate surface area is 79.4 Å². The predicted octanol–water partition coefficient (Wildman–Crippen LogP) is -1.61. The smallest absolute Gasteiger partial charge is 0.346 e. The van der Waals surface area contributed by atoms with Gasteiger partial charge in [0, 0.05) is 0 Å². The van der Waals surface area contributed by atoms with Gasteiger partial charge in [-0.1, -0.05) is 0 Å². The van der Waals surface area contributed by atoms with Crippen LogP contribution < -0.4 is 4.57 Å². The van der Waals surface area contributed by atoms with Crippen molar-refractivity contribution in [2.75, 3.05) is 0 Å². The maximum atomic E-state index is 10.0. The maximum absolute atomic E-state index is 10.0. The third-order valence-corrected chi connectivity index (χ3v) is 0.920. The number of carboxylic acids is 1.